The van der Waals surface area contributed by atoms with Crippen molar-refractivity contribution >= 4 is 11.6 Å². The maximum atomic E-state index is 13.8. The van der Waals surface area contributed by atoms with Crippen LogP contribution in [0.2, 0.25) is 0 Å². The molecule has 4 atom stereocenters. The van der Waals surface area contributed by atoms with Crippen LogP contribution in [0, 0.1) is 11.8 Å². The highest BCUT2D eigenvalue weighted by Crippen LogP contribution is 2.49. The number of benzene rings is 2. The van der Waals surface area contributed by atoms with Crippen LogP contribution in [0.4, 0.5) is 5.69 Å². The van der Waals surface area contributed by atoms with Crippen LogP contribution in [0.5, 0.6) is 0 Å². The van der Waals surface area contributed by atoms with Gasteiger partial charge in [-0.2, -0.15) is 0 Å². The first-order chi connectivity index (χ1) is 18.1. The smallest absolute Gasteiger partial charge is 0.250 e. The lowest BCUT2D eigenvalue weighted by Crippen LogP contribution is -2.45. The molecule has 1 fully saturated rings. The summed E-state index contributed by atoms with van der Waals surface area (Å²) in [6.45, 7) is 0.909. The molecule has 6 rings (SSSR count). The second-order valence-corrected chi connectivity index (χ2v) is 9.74. The van der Waals surface area contributed by atoms with E-state index in [1.165, 1.54) is 0 Å². The molecule has 0 aliphatic carbocycles. The lowest BCUT2D eigenvalue weighted by atomic mass is 9.86. The summed E-state index contributed by atoms with van der Waals surface area (Å²) in [6.07, 6.45) is 3.51. The Hall–Kier alpha value is -4.07. The molecule has 0 unspecified atom stereocenters. The summed E-state index contributed by atoms with van der Waals surface area (Å²) in [5.74, 6) is -0.973. The minimum atomic E-state index is -0.513. The first-order valence-electron chi connectivity index (χ1n) is 12.6. The molecule has 2 bridgehead atoms. The number of hydrogen-bond acceptors (Lipinski definition) is 5. The first kappa shape index (κ1) is 23.3. The van der Waals surface area contributed by atoms with Gasteiger partial charge in [0.15, 0.2) is 0 Å². The van der Waals surface area contributed by atoms with E-state index >= 15 is 0 Å². The van der Waals surface area contributed by atoms with E-state index in [0.29, 0.717) is 18.8 Å². The Morgan fingerprint density at radius 2 is 1.65 bits per heavy atom. The number of amides is 1. The summed E-state index contributed by atoms with van der Waals surface area (Å²) in [4.78, 5) is 33.0. The predicted octanol–water partition coefficient (Wildman–Crippen LogP) is 3.71. The van der Waals surface area contributed by atoms with Crippen LogP contribution in [0.15, 0.2) is 102 Å². The lowest BCUT2D eigenvalue weighted by Gasteiger charge is -2.38. The van der Waals surface area contributed by atoms with Gasteiger partial charge in [-0.15, -0.1) is 0 Å². The molecule has 2 aromatic carbocycles. The molecule has 1 saturated heterocycles. The van der Waals surface area contributed by atoms with E-state index in [2.05, 4.69) is 27.3 Å². The van der Waals surface area contributed by atoms with Crippen molar-refractivity contribution in [3.8, 4) is 11.1 Å². The second-order valence-electron chi connectivity index (χ2n) is 9.74. The number of aromatic nitrogens is 2. The number of carbonyl (C=O) groups excluding carboxylic acids is 1. The van der Waals surface area contributed by atoms with Crippen molar-refractivity contribution in [3.05, 3.63) is 119 Å². The molecular weight excluding hydrogens is 464 g/mol. The normalized spacial score (nSPS) is 22.4. The highest BCUT2D eigenvalue weighted by atomic mass is 16.3. The summed E-state index contributed by atoms with van der Waals surface area (Å²) in [5.41, 5.74) is 4.69. The molecule has 0 spiro atoms. The fourth-order valence-electron chi connectivity index (χ4n) is 5.99. The molecular formula is C30H28N4O3. The van der Waals surface area contributed by atoms with Gasteiger partial charge in [-0.3, -0.25) is 19.5 Å². The summed E-state index contributed by atoms with van der Waals surface area (Å²) in [7, 11) is 0. The number of rotatable bonds is 6. The van der Waals surface area contributed by atoms with Crippen LogP contribution in [0.25, 0.3) is 11.1 Å². The molecule has 2 aliphatic rings. The lowest BCUT2D eigenvalue weighted by molar-refractivity contribution is -0.122. The Morgan fingerprint density at radius 3 is 2.38 bits per heavy atom. The highest BCUT2D eigenvalue weighted by molar-refractivity contribution is 5.94. The van der Waals surface area contributed by atoms with Gasteiger partial charge in [0.05, 0.1) is 12.0 Å². The van der Waals surface area contributed by atoms with Gasteiger partial charge in [0.2, 0.25) is 5.91 Å². The molecule has 186 valence electrons. The maximum Gasteiger partial charge on any atom is 0.250 e. The van der Waals surface area contributed by atoms with E-state index in [1.807, 2.05) is 60.7 Å². The Labute approximate surface area is 215 Å². The zero-order valence-electron chi connectivity index (χ0n) is 20.3. The summed E-state index contributed by atoms with van der Waals surface area (Å²) in [5, 5.41) is 13.6. The second kappa shape index (κ2) is 9.76. The molecule has 2 N–H and O–H groups in total. The number of aliphatic hydroxyl groups excluding tert-OH is 1. The van der Waals surface area contributed by atoms with Gasteiger partial charge in [-0.1, -0.05) is 48.5 Å². The van der Waals surface area contributed by atoms with Gasteiger partial charge in [0.1, 0.15) is 0 Å². The van der Waals surface area contributed by atoms with Crippen LogP contribution in [-0.2, 0) is 17.9 Å². The van der Waals surface area contributed by atoms with Crippen LogP contribution in [0.1, 0.15) is 17.3 Å². The Balaban J connectivity index is 1.33. The van der Waals surface area contributed by atoms with Crippen LogP contribution in [-0.4, -0.2) is 38.1 Å². The van der Waals surface area contributed by atoms with E-state index in [0.717, 1.165) is 22.4 Å². The molecule has 2 aliphatic heterocycles. The fraction of sp³-hybridized carbons (Fsp3) is 0.233. The highest BCUT2D eigenvalue weighted by Gasteiger charge is 2.55. The fourth-order valence-corrected chi connectivity index (χ4v) is 5.99. The van der Waals surface area contributed by atoms with Crippen molar-refractivity contribution in [2.24, 2.45) is 11.8 Å². The van der Waals surface area contributed by atoms with Crippen molar-refractivity contribution in [1.29, 1.82) is 0 Å². The van der Waals surface area contributed by atoms with E-state index < -0.39 is 5.92 Å². The number of fused-ring (bicyclic) bond motifs is 4. The predicted molar refractivity (Wildman–Crippen MR) is 142 cm³/mol. The molecule has 0 radical (unpaired) electrons. The molecule has 1 amide bonds. The van der Waals surface area contributed by atoms with E-state index in [9.17, 15) is 14.7 Å². The standard InChI is InChI=1S/C30H28N4O3/c35-19-24-26-18-33-25(7-4-8-27(33)36)29(34(26)17-20-13-15-31-16-14-20)28(24)30(37)32-23-11-9-22(10-12-23)21-5-2-1-3-6-21/h1-16,24,26,28-29,35H,17-19H2,(H,32,37)/t24-,26-,28+,29+/m0/s1. The number of aliphatic hydroxyl groups is 1. The number of anilines is 1. The van der Waals surface area contributed by atoms with Crippen LogP contribution < -0.4 is 10.9 Å². The van der Waals surface area contributed by atoms with Gasteiger partial charge < -0.3 is 15.0 Å². The van der Waals surface area contributed by atoms with Crippen molar-refractivity contribution in [3.63, 3.8) is 0 Å². The molecule has 7 nitrogen and oxygen atoms in total. The maximum absolute atomic E-state index is 13.8. The van der Waals surface area contributed by atoms with Gasteiger partial charge in [0.25, 0.3) is 5.56 Å². The zero-order valence-corrected chi connectivity index (χ0v) is 20.3. The monoisotopic (exact) mass is 492 g/mol. The third-order valence-electron chi connectivity index (χ3n) is 7.72. The topological polar surface area (TPSA) is 87.5 Å². The molecule has 0 saturated carbocycles. The first-order valence-corrected chi connectivity index (χ1v) is 12.6. The van der Waals surface area contributed by atoms with Crippen molar-refractivity contribution < 1.29 is 9.90 Å². The Morgan fingerprint density at radius 1 is 0.919 bits per heavy atom. The van der Waals surface area contributed by atoms with Crippen LogP contribution >= 0.6 is 0 Å². The quantitative estimate of drug-likeness (QED) is 0.429. The third-order valence-corrected chi connectivity index (χ3v) is 7.72. The zero-order chi connectivity index (χ0) is 25.4. The minimum absolute atomic E-state index is 0.0784. The molecule has 37 heavy (non-hydrogen) atoms. The van der Waals surface area contributed by atoms with E-state index in [-0.39, 0.29) is 36.1 Å². The average Bonchev–Trinajstić information content (AvgIpc) is 3.14. The Kier molecular flexibility index (Phi) is 6.16. The number of carbonyl (C=O) groups is 1. The van der Waals surface area contributed by atoms with Gasteiger partial charge in [-0.25, -0.2) is 0 Å². The van der Waals surface area contributed by atoms with Crippen molar-refractivity contribution in [2.45, 2.75) is 25.2 Å². The van der Waals surface area contributed by atoms with Gasteiger partial charge >= 0.3 is 0 Å². The van der Waals surface area contributed by atoms with E-state index in [1.54, 1.807) is 29.1 Å². The number of nitrogens with zero attached hydrogens (tertiary/aromatic N) is 3. The Bertz CT molecular complexity index is 1450. The van der Waals surface area contributed by atoms with Crippen LogP contribution in [0.3, 0.4) is 0 Å². The number of nitrogens with one attached hydrogen (secondary N) is 1. The summed E-state index contributed by atoms with van der Waals surface area (Å²) in [6, 6.07) is 26.6. The van der Waals surface area contributed by atoms with E-state index in [4.69, 9.17) is 0 Å². The largest absolute Gasteiger partial charge is 0.396 e. The van der Waals surface area contributed by atoms with Crippen molar-refractivity contribution in [1.82, 2.24) is 14.5 Å². The molecule has 7 heteroatoms. The summed E-state index contributed by atoms with van der Waals surface area (Å²) >= 11 is 0. The number of pyridine rings is 2. The minimum Gasteiger partial charge on any atom is -0.396 e. The average molecular weight is 493 g/mol. The molecule has 4 aromatic rings. The SMILES string of the molecule is O=C(Nc1ccc(-c2ccccc2)cc1)[C@@H]1[C@@H](CO)[C@@H]2Cn3c(cccc3=O)[C@H]1N2Cc1ccncc1. The van der Waals surface area contributed by atoms with Gasteiger partial charge in [0, 0.05) is 61.5 Å². The van der Waals surface area contributed by atoms with Crippen molar-refractivity contribution in [2.75, 3.05) is 11.9 Å². The number of hydrogen-bond donors (Lipinski definition) is 2. The molecule has 2 aromatic heterocycles. The summed E-state index contributed by atoms with van der Waals surface area (Å²) < 4.78 is 1.77. The molecule has 4 heterocycles. The third kappa shape index (κ3) is 4.26. The van der Waals surface area contributed by atoms with Gasteiger partial charge in [-0.05, 0) is 47.0 Å².